The Labute approximate surface area is 116 Å². The molecular formula is C14H16FN3O2. The predicted octanol–water partition coefficient (Wildman–Crippen LogP) is 1.65. The van der Waals surface area contributed by atoms with Gasteiger partial charge in [0.2, 0.25) is 0 Å². The third-order valence-corrected chi connectivity index (χ3v) is 2.92. The Balaban J connectivity index is 2.05. The highest BCUT2D eigenvalue weighted by Crippen LogP contribution is 2.15. The van der Waals surface area contributed by atoms with Crippen molar-refractivity contribution in [2.45, 2.75) is 13.1 Å². The first-order chi connectivity index (χ1) is 9.61. The van der Waals surface area contributed by atoms with Gasteiger partial charge in [0.25, 0.3) is 0 Å². The van der Waals surface area contributed by atoms with E-state index in [-0.39, 0.29) is 11.6 Å². The van der Waals surface area contributed by atoms with Crippen LogP contribution in [0.25, 0.3) is 0 Å². The number of benzene rings is 1. The quantitative estimate of drug-likeness (QED) is 0.495. The lowest BCUT2D eigenvalue weighted by Gasteiger charge is -2.16. The second kappa shape index (κ2) is 6.31. The van der Waals surface area contributed by atoms with E-state index >= 15 is 0 Å². The molecule has 0 radical (unpaired) electrons. The van der Waals surface area contributed by atoms with Crippen molar-refractivity contribution in [1.82, 2.24) is 10.3 Å². The van der Waals surface area contributed by atoms with Crippen LogP contribution in [0.4, 0.5) is 4.39 Å². The minimum Gasteiger partial charge on any atom is -0.459 e. The van der Waals surface area contributed by atoms with Crippen molar-refractivity contribution < 1.29 is 13.6 Å². The van der Waals surface area contributed by atoms with Gasteiger partial charge in [-0.3, -0.25) is 15.1 Å². The zero-order chi connectivity index (χ0) is 14.5. The molecule has 1 amide bonds. The number of amides is 1. The van der Waals surface area contributed by atoms with Crippen LogP contribution in [0.15, 0.2) is 41.0 Å². The fraction of sp³-hybridized carbons (Fsp3) is 0.214. The molecule has 0 aliphatic carbocycles. The van der Waals surface area contributed by atoms with E-state index in [1.165, 1.54) is 12.3 Å². The molecule has 3 N–H and O–H groups in total. The number of hydrogen-bond donors (Lipinski definition) is 2. The fourth-order valence-corrected chi connectivity index (χ4v) is 1.99. The van der Waals surface area contributed by atoms with Gasteiger partial charge in [0, 0.05) is 24.2 Å². The van der Waals surface area contributed by atoms with E-state index in [2.05, 4.69) is 0 Å². The molecule has 0 fully saturated rings. The van der Waals surface area contributed by atoms with Crippen LogP contribution in [0.5, 0.6) is 0 Å². The van der Waals surface area contributed by atoms with Crippen LogP contribution in [-0.2, 0) is 13.1 Å². The van der Waals surface area contributed by atoms with Gasteiger partial charge in [0.1, 0.15) is 5.82 Å². The van der Waals surface area contributed by atoms with Crippen LogP contribution >= 0.6 is 0 Å². The lowest BCUT2D eigenvalue weighted by atomic mass is 10.2. The number of halogens is 1. The average Bonchev–Trinajstić information content (AvgIpc) is 2.88. The Morgan fingerprint density at radius 1 is 1.30 bits per heavy atom. The van der Waals surface area contributed by atoms with Gasteiger partial charge in [-0.05, 0) is 19.2 Å². The molecule has 2 rings (SSSR count). The van der Waals surface area contributed by atoms with Crippen LogP contribution in [0.1, 0.15) is 21.7 Å². The number of carbonyl (C=O) groups is 1. The summed E-state index contributed by atoms with van der Waals surface area (Å²) in [6.07, 6.45) is 1.43. The second-order valence-electron chi connectivity index (χ2n) is 4.51. The molecule has 0 aliphatic rings. The summed E-state index contributed by atoms with van der Waals surface area (Å²) in [6.45, 7) is 0.884. The highest BCUT2D eigenvalue weighted by Gasteiger charge is 2.16. The van der Waals surface area contributed by atoms with Crippen LogP contribution in [0, 0.1) is 5.82 Å². The Hall–Kier alpha value is -2.18. The molecule has 106 valence electrons. The van der Waals surface area contributed by atoms with E-state index in [0.29, 0.717) is 24.2 Å². The zero-order valence-corrected chi connectivity index (χ0v) is 11.1. The van der Waals surface area contributed by atoms with Crippen molar-refractivity contribution in [2.24, 2.45) is 5.84 Å². The molecule has 0 saturated carbocycles. The van der Waals surface area contributed by atoms with Gasteiger partial charge in [-0.25, -0.2) is 10.2 Å². The van der Waals surface area contributed by atoms with Crippen LogP contribution in [0.3, 0.4) is 0 Å². The summed E-state index contributed by atoms with van der Waals surface area (Å²) in [5, 5.41) is 0. The first kappa shape index (κ1) is 14.2. The fourth-order valence-electron chi connectivity index (χ4n) is 1.99. The molecule has 0 unspecified atom stereocenters. The maximum atomic E-state index is 13.6. The SMILES string of the molecule is CN(Cc1ccccc1F)Cc1ccoc1C(=O)NN. The minimum absolute atomic E-state index is 0.174. The molecule has 1 aromatic carbocycles. The number of nitrogens with two attached hydrogens (primary N) is 1. The minimum atomic E-state index is -0.482. The van der Waals surface area contributed by atoms with Gasteiger partial charge < -0.3 is 4.42 Å². The Morgan fingerprint density at radius 3 is 2.70 bits per heavy atom. The van der Waals surface area contributed by atoms with E-state index in [1.54, 1.807) is 24.3 Å². The van der Waals surface area contributed by atoms with E-state index in [1.807, 2.05) is 17.4 Å². The maximum Gasteiger partial charge on any atom is 0.301 e. The normalized spacial score (nSPS) is 10.8. The Kier molecular flexibility index (Phi) is 4.49. The Bertz CT molecular complexity index is 598. The number of nitrogens with one attached hydrogen (secondary N) is 1. The molecule has 1 aromatic heterocycles. The first-order valence-corrected chi connectivity index (χ1v) is 6.11. The number of carbonyl (C=O) groups excluding carboxylic acids is 1. The van der Waals surface area contributed by atoms with Gasteiger partial charge in [-0.1, -0.05) is 18.2 Å². The third kappa shape index (κ3) is 3.23. The van der Waals surface area contributed by atoms with Gasteiger partial charge in [-0.15, -0.1) is 0 Å². The van der Waals surface area contributed by atoms with Crippen molar-refractivity contribution in [1.29, 1.82) is 0 Å². The summed E-state index contributed by atoms with van der Waals surface area (Å²) in [5.74, 6) is 4.53. The van der Waals surface area contributed by atoms with Crippen molar-refractivity contribution >= 4 is 5.91 Å². The van der Waals surface area contributed by atoms with Crippen LogP contribution < -0.4 is 11.3 Å². The molecule has 6 heteroatoms. The number of furan rings is 1. The molecule has 0 spiro atoms. The molecule has 0 saturated heterocycles. The van der Waals surface area contributed by atoms with Crippen molar-refractivity contribution in [3.05, 3.63) is 59.3 Å². The topological polar surface area (TPSA) is 71.5 Å². The van der Waals surface area contributed by atoms with E-state index in [0.717, 1.165) is 0 Å². The largest absolute Gasteiger partial charge is 0.459 e. The molecule has 20 heavy (non-hydrogen) atoms. The number of hydrogen-bond acceptors (Lipinski definition) is 4. The molecule has 0 bridgehead atoms. The smallest absolute Gasteiger partial charge is 0.301 e. The number of rotatable bonds is 5. The average molecular weight is 277 g/mol. The number of hydrazine groups is 1. The Morgan fingerprint density at radius 2 is 2.00 bits per heavy atom. The summed E-state index contributed by atoms with van der Waals surface area (Å²) >= 11 is 0. The number of nitrogens with zero attached hydrogens (tertiary/aromatic N) is 1. The van der Waals surface area contributed by atoms with Crippen LogP contribution in [0.2, 0.25) is 0 Å². The summed E-state index contributed by atoms with van der Waals surface area (Å²) < 4.78 is 18.7. The van der Waals surface area contributed by atoms with E-state index < -0.39 is 5.91 Å². The lowest BCUT2D eigenvalue weighted by molar-refractivity contribution is 0.0923. The summed E-state index contributed by atoms with van der Waals surface area (Å²) in [5.41, 5.74) is 3.33. The predicted molar refractivity (Wildman–Crippen MR) is 71.9 cm³/mol. The van der Waals surface area contributed by atoms with Crippen molar-refractivity contribution in [3.63, 3.8) is 0 Å². The van der Waals surface area contributed by atoms with Gasteiger partial charge >= 0.3 is 5.91 Å². The van der Waals surface area contributed by atoms with Crippen molar-refractivity contribution in [2.75, 3.05) is 7.05 Å². The maximum absolute atomic E-state index is 13.6. The monoisotopic (exact) mass is 277 g/mol. The third-order valence-electron chi connectivity index (χ3n) is 2.92. The zero-order valence-electron chi connectivity index (χ0n) is 11.1. The van der Waals surface area contributed by atoms with Gasteiger partial charge in [-0.2, -0.15) is 0 Å². The highest BCUT2D eigenvalue weighted by molar-refractivity contribution is 5.92. The molecular weight excluding hydrogens is 261 g/mol. The highest BCUT2D eigenvalue weighted by atomic mass is 19.1. The molecule has 1 heterocycles. The lowest BCUT2D eigenvalue weighted by Crippen LogP contribution is -2.31. The molecule has 5 nitrogen and oxygen atoms in total. The molecule has 0 aliphatic heterocycles. The number of nitrogen functional groups attached to an aromatic ring is 1. The van der Waals surface area contributed by atoms with Gasteiger partial charge in [0.15, 0.2) is 5.76 Å². The standard InChI is InChI=1S/C14H16FN3O2/c1-18(8-10-4-2-3-5-12(10)15)9-11-6-7-20-13(11)14(19)17-16/h2-7H,8-9,16H2,1H3,(H,17,19). The first-order valence-electron chi connectivity index (χ1n) is 6.11. The van der Waals surface area contributed by atoms with Gasteiger partial charge in [0.05, 0.1) is 6.26 Å². The summed E-state index contributed by atoms with van der Waals surface area (Å²) in [4.78, 5) is 13.4. The van der Waals surface area contributed by atoms with E-state index in [9.17, 15) is 9.18 Å². The van der Waals surface area contributed by atoms with E-state index in [4.69, 9.17) is 10.3 Å². The second-order valence-corrected chi connectivity index (χ2v) is 4.51. The molecule has 0 atom stereocenters. The summed E-state index contributed by atoms with van der Waals surface area (Å²) in [6, 6.07) is 8.29. The van der Waals surface area contributed by atoms with Crippen LogP contribution in [-0.4, -0.2) is 17.9 Å². The summed E-state index contributed by atoms with van der Waals surface area (Å²) in [7, 11) is 1.84. The van der Waals surface area contributed by atoms with Crippen molar-refractivity contribution in [3.8, 4) is 0 Å². The molecule has 2 aromatic rings.